The summed E-state index contributed by atoms with van der Waals surface area (Å²) in [5, 5.41) is 0. The summed E-state index contributed by atoms with van der Waals surface area (Å²) in [5.74, 6) is 0. The van der Waals surface area contributed by atoms with Crippen molar-refractivity contribution >= 4 is 14.1 Å². The average molecular weight is 401 g/mol. The minimum atomic E-state index is -0.536. The van der Waals surface area contributed by atoms with Gasteiger partial charge in [-0.1, -0.05) is 78.9 Å². The fourth-order valence-corrected chi connectivity index (χ4v) is 7.51. The van der Waals surface area contributed by atoms with Crippen molar-refractivity contribution in [3.05, 3.63) is 102 Å². The third-order valence-corrected chi connectivity index (χ3v) is 8.50. The second-order valence-corrected chi connectivity index (χ2v) is 10.0. The highest BCUT2D eigenvalue weighted by Gasteiger charge is 2.45. The Kier molecular flexibility index (Phi) is 5.62. The number of fused-ring (bicyclic) bond motifs is 1. The summed E-state index contributed by atoms with van der Waals surface area (Å²) in [6.07, 6.45) is 2.66. The van der Waals surface area contributed by atoms with Gasteiger partial charge >= 0.3 is 0 Å². The molecule has 0 bridgehead atoms. The fourth-order valence-electron chi connectivity index (χ4n) is 4.55. The van der Waals surface area contributed by atoms with Crippen molar-refractivity contribution in [2.24, 2.45) is 0 Å². The van der Waals surface area contributed by atoms with E-state index in [-0.39, 0.29) is 0 Å². The Morgan fingerprint density at radius 3 is 1.90 bits per heavy atom. The van der Waals surface area contributed by atoms with Gasteiger partial charge < -0.3 is 4.67 Å². The van der Waals surface area contributed by atoms with E-state index in [1.165, 1.54) is 36.2 Å². The van der Waals surface area contributed by atoms with Gasteiger partial charge in [0.25, 0.3) is 0 Å². The summed E-state index contributed by atoms with van der Waals surface area (Å²) >= 11 is 0. The third-order valence-electron chi connectivity index (χ3n) is 5.90. The normalized spacial score (nSPS) is 21.6. The average Bonchev–Trinajstić information content (AvgIpc) is 3.37. The van der Waals surface area contributed by atoms with Crippen LogP contribution in [0, 0.1) is 0 Å². The van der Waals surface area contributed by atoms with Gasteiger partial charge in [-0.25, -0.2) is 9.34 Å². The van der Waals surface area contributed by atoms with Crippen molar-refractivity contribution in [2.45, 2.75) is 32.0 Å². The summed E-state index contributed by atoms with van der Waals surface area (Å²) in [6.45, 7) is 4.33. The quantitative estimate of drug-likeness (QED) is 0.476. The molecule has 2 saturated heterocycles. The standard InChI is InChI=1S/C25H28N3P/c1-4-11-22(12-5-1)19-26(20-23-13-6-2-7-14-23)29-27-18-10-17-25(27)21-28(29)24-15-8-3-9-16-24/h1-9,11-16,25H,10,17-21H2/t25-,29+/m0/s1. The van der Waals surface area contributed by atoms with Crippen LogP contribution >= 0.6 is 8.37 Å². The maximum Gasteiger partial charge on any atom is 0.150 e. The highest BCUT2D eigenvalue weighted by molar-refractivity contribution is 7.54. The molecular weight excluding hydrogens is 373 g/mol. The van der Waals surface area contributed by atoms with E-state index in [9.17, 15) is 0 Å². The van der Waals surface area contributed by atoms with Gasteiger partial charge in [0.1, 0.15) is 8.37 Å². The first-order chi connectivity index (χ1) is 14.4. The van der Waals surface area contributed by atoms with Crippen LogP contribution in [0.5, 0.6) is 0 Å². The van der Waals surface area contributed by atoms with Crippen LogP contribution in [-0.4, -0.2) is 28.5 Å². The van der Waals surface area contributed by atoms with Gasteiger partial charge in [-0.2, -0.15) is 0 Å². The molecule has 0 spiro atoms. The molecule has 0 N–H and O–H groups in total. The molecule has 2 aliphatic heterocycles. The predicted molar refractivity (Wildman–Crippen MR) is 123 cm³/mol. The van der Waals surface area contributed by atoms with Crippen LogP contribution in [0.15, 0.2) is 91.0 Å². The SMILES string of the molecule is c1ccc(CN(Cc2ccccc2)[P@@]2N(c3ccccc3)C[C@@H]3CCCN32)cc1. The van der Waals surface area contributed by atoms with Gasteiger partial charge in [0.05, 0.1) is 0 Å². The number of para-hydroxylation sites is 1. The zero-order valence-corrected chi connectivity index (χ0v) is 17.7. The summed E-state index contributed by atoms with van der Waals surface area (Å²) in [7, 11) is -0.536. The maximum absolute atomic E-state index is 2.80. The monoisotopic (exact) mass is 401 g/mol. The summed E-state index contributed by atoms with van der Waals surface area (Å²) in [6, 6.07) is 33.6. The second-order valence-electron chi connectivity index (χ2n) is 7.94. The molecule has 2 atom stereocenters. The second kappa shape index (κ2) is 8.67. The van der Waals surface area contributed by atoms with E-state index in [0.29, 0.717) is 6.04 Å². The van der Waals surface area contributed by atoms with Crippen LogP contribution in [0.3, 0.4) is 0 Å². The minimum absolute atomic E-state index is 0.536. The van der Waals surface area contributed by atoms with Gasteiger partial charge in [0.15, 0.2) is 0 Å². The molecule has 0 saturated carbocycles. The van der Waals surface area contributed by atoms with Gasteiger partial charge in [-0.3, -0.25) is 0 Å². The van der Waals surface area contributed by atoms with E-state index in [4.69, 9.17) is 0 Å². The maximum atomic E-state index is 2.80. The first-order valence-electron chi connectivity index (χ1n) is 10.6. The first-order valence-corrected chi connectivity index (χ1v) is 11.8. The number of hydrogen-bond donors (Lipinski definition) is 0. The minimum Gasteiger partial charge on any atom is -0.324 e. The number of rotatable bonds is 6. The zero-order valence-electron chi connectivity index (χ0n) is 16.8. The van der Waals surface area contributed by atoms with Gasteiger partial charge in [0.2, 0.25) is 0 Å². The molecule has 3 aromatic rings. The van der Waals surface area contributed by atoms with Crippen molar-refractivity contribution in [3.8, 4) is 0 Å². The molecule has 3 aromatic carbocycles. The molecule has 2 aliphatic rings. The largest absolute Gasteiger partial charge is 0.324 e. The molecule has 0 aromatic heterocycles. The number of hydrogen-bond acceptors (Lipinski definition) is 3. The molecule has 29 heavy (non-hydrogen) atoms. The molecule has 5 rings (SSSR count). The van der Waals surface area contributed by atoms with Crippen molar-refractivity contribution in [1.82, 2.24) is 9.34 Å². The lowest BCUT2D eigenvalue weighted by atomic mass is 10.2. The van der Waals surface area contributed by atoms with Crippen molar-refractivity contribution in [3.63, 3.8) is 0 Å². The Morgan fingerprint density at radius 1 is 0.759 bits per heavy atom. The lowest BCUT2D eigenvalue weighted by Crippen LogP contribution is -2.29. The zero-order chi connectivity index (χ0) is 19.5. The highest BCUT2D eigenvalue weighted by Crippen LogP contribution is 2.59. The summed E-state index contributed by atoms with van der Waals surface area (Å²) in [5.41, 5.74) is 4.14. The van der Waals surface area contributed by atoms with Crippen LogP contribution < -0.4 is 4.67 Å². The lowest BCUT2D eigenvalue weighted by Gasteiger charge is -2.39. The summed E-state index contributed by atoms with van der Waals surface area (Å²) < 4.78 is 8.21. The van der Waals surface area contributed by atoms with Crippen LogP contribution in [0.25, 0.3) is 0 Å². The fraction of sp³-hybridized carbons (Fsp3) is 0.280. The van der Waals surface area contributed by atoms with Crippen molar-refractivity contribution in [2.75, 3.05) is 17.8 Å². The van der Waals surface area contributed by atoms with Crippen LogP contribution in [0.2, 0.25) is 0 Å². The van der Waals surface area contributed by atoms with Gasteiger partial charge in [0, 0.05) is 37.9 Å². The Morgan fingerprint density at radius 2 is 1.31 bits per heavy atom. The third kappa shape index (κ3) is 4.09. The van der Waals surface area contributed by atoms with E-state index in [2.05, 4.69) is 105 Å². The smallest absolute Gasteiger partial charge is 0.150 e. The molecular formula is C25H28N3P. The molecule has 0 amide bonds. The molecule has 0 aliphatic carbocycles. The Labute approximate surface area is 175 Å². The Hall–Kier alpha value is -2.19. The first kappa shape index (κ1) is 18.8. The number of anilines is 1. The van der Waals surface area contributed by atoms with E-state index in [1.807, 2.05) is 0 Å². The van der Waals surface area contributed by atoms with E-state index in [1.54, 1.807) is 0 Å². The predicted octanol–water partition coefficient (Wildman–Crippen LogP) is 5.90. The van der Waals surface area contributed by atoms with Gasteiger partial charge in [-0.05, 0) is 36.1 Å². The van der Waals surface area contributed by atoms with Crippen LogP contribution in [0.1, 0.15) is 24.0 Å². The van der Waals surface area contributed by atoms with E-state index < -0.39 is 8.37 Å². The topological polar surface area (TPSA) is 9.72 Å². The Balaban J connectivity index is 1.50. The van der Waals surface area contributed by atoms with Crippen molar-refractivity contribution in [1.29, 1.82) is 0 Å². The van der Waals surface area contributed by atoms with Crippen molar-refractivity contribution < 1.29 is 0 Å². The lowest BCUT2D eigenvalue weighted by molar-refractivity contribution is 0.389. The van der Waals surface area contributed by atoms with E-state index >= 15 is 0 Å². The molecule has 4 heteroatoms. The molecule has 2 fully saturated rings. The molecule has 148 valence electrons. The molecule has 3 nitrogen and oxygen atoms in total. The summed E-state index contributed by atoms with van der Waals surface area (Å²) in [4.78, 5) is 0. The van der Waals surface area contributed by atoms with E-state index in [0.717, 1.165) is 19.6 Å². The molecule has 0 radical (unpaired) electrons. The number of nitrogens with zero attached hydrogens (tertiary/aromatic N) is 3. The highest BCUT2D eigenvalue weighted by atomic mass is 31.2. The molecule has 0 unspecified atom stereocenters. The van der Waals surface area contributed by atoms with Crippen LogP contribution in [0.4, 0.5) is 5.69 Å². The molecule has 2 heterocycles. The van der Waals surface area contributed by atoms with Crippen LogP contribution in [-0.2, 0) is 13.1 Å². The number of benzene rings is 3. The Bertz CT molecular complexity index is 862. The van der Waals surface area contributed by atoms with Gasteiger partial charge in [-0.15, -0.1) is 0 Å².